The Bertz CT molecular complexity index is 1250. The predicted octanol–water partition coefficient (Wildman–Crippen LogP) is 6.54. The molecule has 0 amide bonds. The summed E-state index contributed by atoms with van der Waals surface area (Å²) < 4.78 is 10.6. The Kier molecular flexibility index (Phi) is 7.72. The van der Waals surface area contributed by atoms with Gasteiger partial charge in [-0.25, -0.2) is 4.79 Å². The molecule has 1 fully saturated rings. The molecule has 0 unspecified atom stereocenters. The van der Waals surface area contributed by atoms with Crippen LogP contribution in [0.25, 0.3) is 0 Å². The largest absolute Gasteiger partial charge is 0.456 e. The maximum Gasteiger partial charge on any atom is 0.180 e. The molecule has 1 saturated heterocycles. The maximum absolute atomic E-state index is 10.1. The Labute approximate surface area is 197 Å². The fraction of sp³-hybridized carbons (Fsp3) is 0.192. The number of anilines is 1. The zero-order valence-corrected chi connectivity index (χ0v) is 18.7. The van der Waals surface area contributed by atoms with E-state index in [2.05, 4.69) is 43.2 Å². The lowest BCUT2D eigenvalue weighted by Crippen LogP contribution is -2.36. The molecule has 34 heavy (non-hydrogen) atoms. The zero-order chi connectivity index (χ0) is 23.6. The summed E-state index contributed by atoms with van der Waals surface area (Å²) in [6.07, 6.45) is 1.15. The zero-order valence-electron chi connectivity index (χ0n) is 18.7. The number of benzene rings is 3. The molecule has 0 saturated carbocycles. The first-order chi connectivity index (χ1) is 16.7. The van der Waals surface area contributed by atoms with Crippen molar-refractivity contribution < 1.29 is 14.3 Å². The van der Waals surface area contributed by atoms with Gasteiger partial charge < -0.3 is 14.4 Å². The van der Waals surface area contributed by atoms with E-state index in [1.165, 1.54) is 11.6 Å². The molecule has 3 aromatic carbocycles. The van der Waals surface area contributed by atoms with Crippen molar-refractivity contribution in [2.75, 3.05) is 31.2 Å². The highest BCUT2D eigenvalue weighted by atomic mass is 16.5. The Hall–Kier alpha value is -4.35. The van der Waals surface area contributed by atoms with E-state index in [1.54, 1.807) is 24.3 Å². The van der Waals surface area contributed by atoms with Crippen molar-refractivity contribution in [2.24, 2.45) is 20.5 Å². The molecule has 8 nitrogen and oxygen atoms in total. The van der Waals surface area contributed by atoms with Gasteiger partial charge >= 0.3 is 0 Å². The second-order valence-corrected chi connectivity index (χ2v) is 7.46. The molecule has 170 valence electrons. The van der Waals surface area contributed by atoms with E-state index in [0.717, 1.165) is 55.2 Å². The van der Waals surface area contributed by atoms with Crippen molar-refractivity contribution >= 4 is 34.4 Å². The van der Waals surface area contributed by atoms with Gasteiger partial charge in [0, 0.05) is 24.5 Å². The summed E-state index contributed by atoms with van der Waals surface area (Å²) in [6.45, 7) is 5.28. The lowest BCUT2D eigenvalue weighted by atomic mass is 10.2. The number of azo groups is 2. The lowest BCUT2D eigenvalue weighted by Gasteiger charge is -2.28. The van der Waals surface area contributed by atoms with Crippen LogP contribution in [0, 0.1) is 6.92 Å². The molecule has 1 aliphatic heterocycles. The molecule has 0 aromatic heterocycles. The Morgan fingerprint density at radius 1 is 0.853 bits per heavy atom. The van der Waals surface area contributed by atoms with Gasteiger partial charge in [0.2, 0.25) is 0 Å². The van der Waals surface area contributed by atoms with Gasteiger partial charge in [-0.2, -0.15) is 20.5 Å². The normalized spacial score (nSPS) is 13.6. The average Bonchev–Trinajstić information content (AvgIpc) is 2.89. The molecule has 0 aliphatic carbocycles. The van der Waals surface area contributed by atoms with E-state index < -0.39 is 0 Å². The lowest BCUT2D eigenvalue weighted by molar-refractivity contribution is 0.122. The summed E-state index contributed by atoms with van der Waals surface area (Å²) in [5.41, 5.74) is 7.25. The van der Waals surface area contributed by atoms with E-state index in [9.17, 15) is 4.79 Å². The molecule has 4 rings (SSSR count). The molecule has 0 atom stereocenters. The molecule has 1 aliphatic rings. The predicted molar refractivity (Wildman–Crippen MR) is 130 cm³/mol. The molecule has 0 radical (unpaired) electrons. The number of morpholine rings is 1. The van der Waals surface area contributed by atoms with Crippen LogP contribution in [-0.4, -0.2) is 32.2 Å². The van der Waals surface area contributed by atoms with Crippen molar-refractivity contribution in [1.29, 1.82) is 0 Å². The van der Waals surface area contributed by atoms with E-state index in [-0.39, 0.29) is 0 Å². The number of hydrogen-bond acceptors (Lipinski definition) is 8. The molecule has 0 spiro atoms. The van der Waals surface area contributed by atoms with Crippen molar-refractivity contribution in [3.05, 3.63) is 84.3 Å². The topological polar surface area (TPSA) is 88.2 Å². The van der Waals surface area contributed by atoms with Gasteiger partial charge in [-0.15, -0.1) is 0 Å². The van der Waals surface area contributed by atoms with E-state index >= 15 is 0 Å². The fourth-order valence-electron chi connectivity index (χ4n) is 3.31. The van der Waals surface area contributed by atoms with Gasteiger partial charge in [0.15, 0.2) is 5.94 Å². The monoisotopic (exact) mass is 453 g/mol. The van der Waals surface area contributed by atoms with E-state index in [0.29, 0.717) is 11.4 Å². The third-order valence-electron chi connectivity index (χ3n) is 5.11. The quantitative estimate of drug-likeness (QED) is 0.176. The molecule has 0 bridgehead atoms. The fourth-order valence-corrected chi connectivity index (χ4v) is 3.31. The molecule has 1 heterocycles. The Balaban J connectivity index is 1.37. The highest BCUT2D eigenvalue weighted by Crippen LogP contribution is 2.28. The molecular formula is C26H23N5O3. The first-order valence-electron chi connectivity index (χ1n) is 10.8. The summed E-state index contributed by atoms with van der Waals surface area (Å²) >= 11 is 0. The van der Waals surface area contributed by atoms with Crippen LogP contribution in [0.5, 0.6) is 5.75 Å². The number of ether oxygens (including phenoxy) is 2. The molecule has 3 aromatic rings. The number of hydrogen-bond donors (Lipinski definition) is 0. The van der Waals surface area contributed by atoms with Crippen LogP contribution in [0.2, 0.25) is 0 Å². The van der Waals surface area contributed by atoms with Gasteiger partial charge in [-0.1, -0.05) is 0 Å². The summed E-state index contributed by atoms with van der Waals surface area (Å²) in [5, 5.41) is 17.3. The van der Waals surface area contributed by atoms with Crippen LogP contribution in [0.1, 0.15) is 5.56 Å². The minimum absolute atomic E-state index is 0.559. The summed E-state index contributed by atoms with van der Waals surface area (Å²) in [4.78, 5) is 12.4. The van der Waals surface area contributed by atoms with Gasteiger partial charge in [0.1, 0.15) is 12.0 Å². The number of nitrogens with zero attached hydrogens (tertiary/aromatic N) is 5. The second kappa shape index (κ2) is 11.5. The van der Waals surface area contributed by atoms with Crippen LogP contribution >= 0.6 is 0 Å². The summed E-state index contributed by atoms with van der Waals surface area (Å²) in [6, 6.07) is 20.7. The third-order valence-corrected chi connectivity index (χ3v) is 5.11. The third kappa shape index (κ3) is 6.34. The van der Waals surface area contributed by atoms with Crippen LogP contribution in [-0.2, 0) is 9.53 Å². The highest BCUT2D eigenvalue weighted by molar-refractivity contribution is 5.55. The van der Waals surface area contributed by atoms with Crippen LogP contribution in [0.4, 0.5) is 28.4 Å². The molecular weight excluding hydrogens is 430 g/mol. The molecule has 0 N–H and O–H groups in total. The first-order valence-corrected chi connectivity index (χ1v) is 10.8. The number of rotatable bonds is 7. The van der Waals surface area contributed by atoms with Crippen molar-refractivity contribution in [2.45, 2.75) is 6.92 Å². The van der Waals surface area contributed by atoms with Crippen LogP contribution in [0.15, 0.2) is 99.2 Å². The Morgan fingerprint density at radius 2 is 1.47 bits per heavy atom. The van der Waals surface area contributed by atoms with Crippen LogP contribution in [0.3, 0.4) is 0 Å². The minimum atomic E-state index is 0.559. The minimum Gasteiger partial charge on any atom is -0.456 e. The highest BCUT2D eigenvalue weighted by Gasteiger charge is 2.10. The van der Waals surface area contributed by atoms with Crippen molar-refractivity contribution in [3.63, 3.8) is 0 Å². The van der Waals surface area contributed by atoms with Crippen molar-refractivity contribution in [1.82, 2.24) is 0 Å². The van der Waals surface area contributed by atoms with Gasteiger partial charge in [-0.05, 0) is 79.2 Å². The first kappa shape index (κ1) is 22.8. The summed E-state index contributed by atoms with van der Waals surface area (Å²) in [7, 11) is 0. The van der Waals surface area contributed by atoms with E-state index in [4.69, 9.17) is 9.47 Å². The Morgan fingerprint density at radius 3 is 2.15 bits per heavy atom. The second-order valence-electron chi connectivity index (χ2n) is 7.46. The van der Waals surface area contributed by atoms with E-state index in [1.807, 2.05) is 37.3 Å². The summed E-state index contributed by atoms with van der Waals surface area (Å²) in [5.74, 6) is 2.05. The van der Waals surface area contributed by atoms with Gasteiger partial charge in [0.25, 0.3) is 0 Å². The molecule has 8 heteroatoms. The standard InChI is InChI=1S/C26H23N5O3/c1-20-19-23(29-27-21-3-8-24(9-4-21)31-13-17-33-18-14-31)7-12-26(20)30-28-22-5-10-25(11-6-22)34-16-2-15-32/h3-12,16,19H,13-14,17-18H2,1H3. The van der Waals surface area contributed by atoms with Crippen molar-refractivity contribution in [3.8, 4) is 5.75 Å². The van der Waals surface area contributed by atoms with Crippen LogP contribution < -0.4 is 9.64 Å². The smallest absolute Gasteiger partial charge is 0.180 e. The maximum atomic E-state index is 10.1. The number of aryl methyl sites for hydroxylation is 1. The average molecular weight is 454 g/mol. The number of carbonyl (C=O) groups excluding carboxylic acids is 1. The SMILES string of the molecule is Cc1cc(N=Nc2ccc(N3CCOCC3)cc2)ccc1N=Nc1ccc(OC=C=C=O)cc1. The van der Waals surface area contributed by atoms with Gasteiger partial charge in [-0.3, -0.25) is 0 Å². The van der Waals surface area contributed by atoms with Gasteiger partial charge in [0.05, 0.1) is 36.0 Å².